The Bertz CT molecular complexity index is 538. The van der Waals surface area contributed by atoms with Crippen molar-refractivity contribution >= 4 is 0 Å². The minimum atomic E-state index is 0. The van der Waals surface area contributed by atoms with E-state index in [1.807, 2.05) is 17.0 Å². The van der Waals surface area contributed by atoms with Crippen LogP contribution in [0.25, 0.3) is 5.82 Å². The summed E-state index contributed by atoms with van der Waals surface area (Å²) in [6, 6.07) is 2.06. The van der Waals surface area contributed by atoms with Crippen molar-refractivity contribution in [2.24, 2.45) is 0 Å². The third-order valence-corrected chi connectivity index (χ3v) is 2.90. The van der Waals surface area contributed by atoms with Gasteiger partial charge in [-0.25, -0.2) is 0 Å². The van der Waals surface area contributed by atoms with Crippen LogP contribution in [0.5, 0.6) is 0 Å². The molecule has 1 radical (unpaired) electrons. The molecule has 0 saturated heterocycles. The van der Waals surface area contributed by atoms with Crippen LogP contribution in [0.4, 0.5) is 0 Å². The number of pyridine rings is 1. The van der Waals surface area contributed by atoms with Gasteiger partial charge in [0, 0.05) is 32.6 Å². The summed E-state index contributed by atoms with van der Waals surface area (Å²) < 4.78 is 1.85. The Morgan fingerprint density at radius 3 is 2.33 bits per heavy atom. The fourth-order valence-electron chi connectivity index (χ4n) is 1.51. The van der Waals surface area contributed by atoms with E-state index in [4.69, 9.17) is 0 Å². The molecule has 0 aliphatic heterocycles. The molecule has 3 nitrogen and oxygen atoms in total. The van der Waals surface area contributed by atoms with Gasteiger partial charge in [0.1, 0.15) is 0 Å². The van der Waals surface area contributed by atoms with E-state index in [0.29, 0.717) is 0 Å². The van der Waals surface area contributed by atoms with Crippen molar-refractivity contribution in [2.45, 2.75) is 40.0 Å². The molecule has 0 N–H and O–H groups in total. The SMILES string of the molecule is Cc1cnc(-n2[c-]nc(C(C)(C)C)c2)cc1C.[Ir]. The number of hydrogen-bond acceptors (Lipinski definition) is 2. The summed E-state index contributed by atoms with van der Waals surface area (Å²) in [7, 11) is 0. The summed E-state index contributed by atoms with van der Waals surface area (Å²) in [5.41, 5.74) is 3.50. The summed E-state index contributed by atoms with van der Waals surface area (Å²) in [4.78, 5) is 8.71. The molecule has 0 unspecified atom stereocenters. The number of aromatic nitrogens is 3. The van der Waals surface area contributed by atoms with Gasteiger partial charge in [0.25, 0.3) is 0 Å². The fraction of sp³-hybridized carbons (Fsp3) is 0.429. The molecule has 0 saturated carbocycles. The zero-order chi connectivity index (χ0) is 12.6. The monoisotopic (exact) mass is 421 g/mol. The second kappa shape index (κ2) is 5.33. The number of imidazole rings is 1. The minimum Gasteiger partial charge on any atom is -0.418 e. The van der Waals surface area contributed by atoms with Crippen molar-refractivity contribution in [1.29, 1.82) is 0 Å². The fourth-order valence-corrected chi connectivity index (χ4v) is 1.51. The quantitative estimate of drug-likeness (QED) is 0.664. The van der Waals surface area contributed by atoms with Crippen LogP contribution in [-0.4, -0.2) is 14.5 Å². The van der Waals surface area contributed by atoms with Crippen molar-refractivity contribution in [2.75, 3.05) is 0 Å². The maximum absolute atomic E-state index is 4.40. The van der Waals surface area contributed by atoms with Crippen molar-refractivity contribution in [3.63, 3.8) is 0 Å². The maximum Gasteiger partial charge on any atom is 0.0550 e. The maximum atomic E-state index is 4.40. The van der Waals surface area contributed by atoms with Crippen LogP contribution in [0.3, 0.4) is 0 Å². The molecular formula is C14H18IrN3-. The van der Waals surface area contributed by atoms with E-state index in [1.165, 1.54) is 11.1 Å². The van der Waals surface area contributed by atoms with Gasteiger partial charge < -0.3 is 9.55 Å². The van der Waals surface area contributed by atoms with Crippen LogP contribution in [0.15, 0.2) is 18.5 Å². The van der Waals surface area contributed by atoms with Crippen LogP contribution in [0.1, 0.15) is 37.6 Å². The predicted molar refractivity (Wildman–Crippen MR) is 68.4 cm³/mol. The van der Waals surface area contributed by atoms with Crippen LogP contribution in [-0.2, 0) is 25.5 Å². The first kappa shape index (κ1) is 15.1. The number of hydrogen-bond donors (Lipinski definition) is 0. The molecule has 0 atom stereocenters. The first-order valence-corrected chi connectivity index (χ1v) is 5.79. The van der Waals surface area contributed by atoms with E-state index in [-0.39, 0.29) is 25.5 Å². The Hall–Kier alpha value is -0.991. The normalized spacial score (nSPS) is 11.2. The van der Waals surface area contributed by atoms with Crippen molar-refractivity contribution in [1.82, 2.24) is 14.5 Å². The molecule has 0 spiro atoms. The topological polar surface area (TPSA) is 30.7 Å². The molecule has 2 aromatic heterocycles. The molecule has 0 bridgehead atoms. The summed E-state index contributed by atoms with van der Waals surface area (Å²) in [6.07, 6.45) is 6.86. The Kier molecular flexibility index (Phi) is 4.46. The van der Waals surface area contributed by atoms with Crippen molar-refractivity contribution in [3.05, 3.63) is 41.6 Å². The molecule has 0 aliphatic rings. The zero-order valence-corrected chi connectivity index (χ0v) is 13.8. The average molecular weight is 421 g/mol. The van der Waals surface area contributed by atoms with E-state index in [2.05, 4.69) is 57.0 Å². The first-order chi connectivity index (χ1) is 7.88. The van der Waals surface area contributed by atoms with E-state index in [1.54, 1.807) is 0 Å². The molecule has 18 heavy (non-hydrogen) atoms. The van der Waals surface area contributed by atoms with Crippen LogP contribution >= 0.6 is 0 Å². The van der Waals surface area contributed by atoms with Gasteiger partial charge in [0.2, 0.25) is 0 Å². The predicted octanol–water partition coefficient (Wildman–Crippen LogP) is 2.98. The molecule has 0 amide bonds. The molecule has 2 rings (SSSR count). The third kappa shape index (κ3) is 3.06. The molecule has 2 heterocycles. The molecule has 99 valence electrons. The summed E-state index contributed by atoms with van der Waals surface area (Å²) in [5.74, 6) is 0.871. The molecule has 0 fully saturated rings. The zero-order valence-electron chi connectivity index (χ0n) is 11.4. The average Bonchev–Trinajstić information content (AvgIpc) is 2.70. The van der Waals surface area contributed by atoms with Gasteiger partial charge in [-0.2, -0.15) is 0 Å². The van der Waals surface area contributed by atoms with Crippen molar-refractivity contribution in [3.8, 4) is 5.82 Å². The Balaban J connectivity index is 0.00000162. The first-order valence-electron chi connectivity index (χ1n) is 5.79. The second-order valence-electron chi connectivity index (χ2n) is 5.47. The van der Waals surface area contributed by atoms with Gasteiger partial charge in [0.15, 0.2) is 0 Å². The molecule has 0 aliphatic carbocycles. The van der Waals surface area contributed by atoms with Crippen LogP contribution in [0, 0.1) is 20.2 Å². The van der Waals surface area contributed by atoms with E-state index >= 15 is 0 Å². The molecule has 4 heteroatoms. The molecule has 2 aromatic rings. The van der Waals surface area contributed by atoms with E-state index in [0.717, 1.165) is 11.5 Å². The number of rotatable bonds is 1. The standard InChI is InChI=1S/C14H18N3.Ir/c1-10-6-13(15-7-11(10)2)17-8-12(16-9-17)14(3,4)5;/h6-8H,1-5H3;/q-1;. The molecule has 0 aromatic carbocycles. The van der Waals surface area contributed by atoms with E-state index < -0.39 is 0 Å². The smallest absolute Gasteiger partial charge is 0.0550 e. The van der Waals surface area contributed by atoms with Gasteiger partial charge in [-0.05, 0) is 24.8 Å². The number of nitrogens with zero attached hydrogens (tertiary/aromatic N) is 3. The molecular weight excluding hydrogens is 402 g/mol. The van der Waals surface area contributed by atoms with Gasteiger partial charge in [-0.15, -0.1) is 0 Å². The Labute approximate surface area is 122 Å². The summed E-state index contributed by atoms with van der Waals surface area (Å²) >= 11 is 0. The number of aryl methyl sites for hydroxylation is 2. The van der Waals surface area contributed by atoms with Crippen molar-refractivity contribution < 1.29 is 20.1 Å². The van der Waals surface area contributed by atoms with Gasteiger partial charge >= 0.3 is 0 Å². The third-order valence-electron chi connectivity index (χ3n) is 2.90. The van der Waals surface area contributed by atoms with Gasteiger partial charge in [-0.3, -0.25) is 4.98 Å². The van der Waals surface area contributed by atoms with Gasteiger partial charge in [0.05, 0.1) is 5.82 Å². The van der Waals surface area contributed by atoms with Crippen LogP contribution < -0.4 is 0 Å². The summed E-state index contributed by atoms with van der Waals surface area (Å²) in [5, 5.41) is 0. The summed E-state index contributed by atoms with van der Waals surface area (Å²) in [6.45, 7) is 10.6. The second-order valence-corrected chi connectivity index (χ2v) is 5.47. The Morgan fingerprint density at radius 1 is 1.17 bits per heavy atom. The minimum absolute atomic E-state index is 0. The van der Waals surface area contributed by atoms with Crippen LogP contribution in [0.2, 0.25) is 0 Å². The van der Waals surface area contributed by atoms with E-state index in [9.17, 15) is 0 Å². The largest absolute Gasteiger partial charge is 0.418 e. The van der Waals surface area contributed by atoms with Gasteiger partial charge in [-0.1, -0.05) is 44.3 Å². The Morgan fingerprint density at radius 2 is 1.83 bits per heavy atom.